The third kappa shape index (κ3) is 10.1. The first-order chi connectivity index (χ1) is 17.0. The quantitative estimate of drug-likeness (QED) is 0.221. The van der Waals surface area contributed by atoms with Crippen LogP contribution >= 0.6 is 0 Å². The first-order valence-electron chi connectivity index (χ1n) is 12.4. The molecule has 2 rings (SSSR count). The number of benzene rings is 1. The van der Waals surface area contributed by atoms with Gasteiger partial charge in [0.1, 0.15) is 6.61 Å². The lowest BCUT2D eigenvalue weighted by atomic mass is 9.98. The Morgan fingerprint density at radius 1 is 1.20 bits per heavy atom. The molecule has 1 aromatic carbocycles. The summed E-state index contributed by atoms with van der Waals surface area (Å²) in [5, 5.41) is 24.7. The van der Waals surface area contributed by atoms with Gasteiger partial charge in [-0.25, -0.2) is 4.79 Å². The van der Waals surface area contributed by atoms with Crippen LogP contribution in [0.4, 0.5) is 4.79 Å². The number of amides is 3. The van der Waals surface area contributed by atoms with Crippen molar-refractivity contribution < 1.29 is 29.3 Å². The van der Waals surface area contributed by atoms with Crippen LogP contribution in [-0.4, -0.2) is 71.4 Å². The summed E-state index contributed by atoms with van der Waals surface area (Å²) in [4.78, 5) is 38.9. The molecule has 0 aliphatic carbocycles. The van der Waals surface area contributed by atoms with Crippen LogP contribution in [-0.2, 0) is 20.9 Å². The Hall–Kier alpha value is -2.91. The number of unbranched alkanes of at least 4 members (excludes halogenated alkanes) is 1. The van der Waals surface area contributed by atoms with Gasteiger partial charge in [0.05, 0.1) is 31.2 Å². The average molecular weight is 490 g/mol. The maximum Gasteiger partial charge on any atom is 0.407 e. The van der Waals surface area contributed by atoms with Gasteiger partial charge in [-0.3, -0.25) is 9.59 Å². The van der Waals surface area contributed by atoms with E-state index in [1.165, 1.54) is 0 Å². The molecule has 1 aliphatic heterocycles. The van der Waals surface area contributed by atoms with Gasteiger partial charge in [-0.2, -0.15) is 0 Å². The van der Waals surface area contributed by atoms with Crippen molar-refractivity contribution in [2.75, 3.05) is 26.3 Å². The Bertz CT molecular complexity index is 804. The first kappa shape index (κ1) is 28.3. The molecule has 0 radical (unpaired) electrons. The summed E-state index contributed by atoms with van der Waals surface area (Å²) in [7, 11) is 0. The van der Waals surface area contributed by atoms with Gasteiger partial charge in [-0.1, -0.05) is 36.4 Å². The first-order valence-corrected chi connectivity index (χ1v) is 12.4. The van der Waals surface area contributed by atoms with E-state index < -0.39 is 18.1 Å². The zero-order valence-corrected chi connectivity index (χ0v) is 20.4. The fourth-order valence-corrected chi connectivity index (χ4v) is 4.17. The molecule has 9 nitrogen and oxygen atoms in total. The number of alkyl carbamates (subject to hydrolysis) is 1. The lowest BCUT2D eigenvalue weighted by Gasteiger charge is -2.26. The van der Waals surface area contributed by atoms with E-state index in [9.17, 15) is 24.6 Å². The summed E-state index contributed by atoms with van der Waals surface area (Å²) >= 11 is 0. The van der Waals surface area contributed by atoms with Gasteiger partial charge in [0.2, 0.25) is 11.8 Å². The molecular weight excluding hydrogens is 450 g/mol. The summed E-state index contributed by atoms with van der Waals surface area (Å²) in [5.41, 5.74) is 0.911. The highest BCUT2D eigenvalue weighted by molar-refractivity contribution is 5.86. The number of likely N-dealkylation sites (tertiary alicyclic amines) is 1. The summed E-state index contributed by atoms with van der Waals surface area (Å²) < 4.78 is 5.16. The number of aliphatic hydroxyl groups excluding tert-OH is 2. The molecule has 1 heterocycles. The van der Waals surface area contributed by atoms with Gasteiger partial charge in [0.15, 0.2) is 0 Å². The van der Waals surface area contributed by atoms with Crippen molar-refractivity contribution >= 4 is 17.9 Å². The van der Waals surface area contributed by atoms with E-state index >= 15 is 0 Å². The molecular formula is C26H39N3O6. The monoisotopic (exact) mass is 489 g/mol. The maximum atomic E-state index is 12.8. The van der Waals surface area contributed by atoms with Gasteiger partial charge in [0, 0.05) is 19.5 Å². The molecule has 0 unspecified atom stereocenters. The van der Waals surface area contributed by atoms with Crippen LogP contribution in [0.25, 0.3) is 0 Å². The summed E-state index contributed by atoms with van der Waals surface area (Å²) in [6, 6.07) is 8.80. The van der Waals surface area contributed by atoms with Gasteiger partial charge < -0.3 is 30.5 Å². The second-order valence-electron chi connectivity index (χ2n) is 8.86. The van der Waals surface area contributed by atoms with E-state index in [1.54, 1.807) is 11.0 Å². The van der Waals surface area contributed by atoms with Gasteiger partial charge in [-0.05, 0) is 44.1 Å². The number of rotatable bonds is 15. The van der Waals surface area contributed by atoms with Crippen molar-refractivity contribution in [1.29, 1.82) is 0 Å². The zero-order valence-electron chi connectivity index (χ0n) is 20.4. The Labute approximate surface area is 207 Å². The van der Waals surface area contributed by atoms with Crippen molar-refractivity contribution in [3.8, 4) is 0 Å². The minimum Gasteiger partial charge on any atom is -0.445 e. The topological polar surface area (TPSA) is 128 Å². The molecule has 1 saturated heterocycles. The highest BCUT2D eigenvalue weighted by atomic mass is 16.5. The smallest absolute Gasteiger partial charge is 0.407 e. The summed E-state index contributed by atoms with van der Waals surface area (Å²) in [6.07, 6.45) is 5.02. The van der Waals surface area contributed by atoms with Crippen molar-refractivity contribution in [1.82, 2.24) is 15.5 Å². The molecule has 3 atom stereocenters. The molecule has 0 saturated carbocycles. The predicted molar refractivity (Wildman–Crippen MR) is 132 cm³/mol. The number of nitrogens with one attached hydrogen (secondary N) is 2. The van der Waals surface area contributed by atoms with Crippen LogP contribution in [0, 0.1) is 5.92 Å². The Morgan fingerprint density at radius 3 is 2.66 bits per heavy atom. The van der Waals surface area contributed by atoms with Crippen LogP contribution < -0.4 is 10.6 Å². The molecule has 3 amide bonds. The number of carbonyl (C=O) groups excluding carboxylic acids is 3. The van der Waals surface area contributed by atoms with Crippen molar-refractivity contribution in [3.05, 3.63) is 48.6 Å². The van der Waals surface area contributed by atoms with Crippen molar-refractivity contribution in [2.24, 2.45) is 5.92 Å². The van der Waals surface area contributed by atoms with E-state index in [0.717, 1.165) is 18.4 Å². The molecule has 1 fully saturated rings. The van der Waals surface area contributed by atoms with Crippen LogP contribution in [0.2, 0.25) is 0 Å². The number of carbonyl (C=O) groups is 3. The van der Waals surface area contributed by atoms with Gasteiger partial charge >= 0.3 is 6.09 Å². The maximum absolute atomic E-state index is 12.8. The minimum absolute atomic E-state index is 0.0432. The van der Waals surface area contributed by atoms with Crippen molar-refractivity contribution in [2.45, 2.75) is 63.6 Å². The van der Waals surface area contributed by atoms with Crippen LogP contribution in [0.15, 0.2) is 43.0 Å². The Balaban J connectivity index is 1.68. The third-order valence-electron chi connectivity index (χ3n) is 6.18. The third-order valence-corrected chi connectivity index (χ3v) is 6.18. The SMILES string of the molecule is C=CC[C@H](CC(=O)N1CCC[C@H]1CO)C(=O)N[C@H](CO)CCCCNC(=O)OCc1ccccc1. The van der Waals surface area contributed by atoms with Gasteiger partial charge in [0.25, 0.3) is 0 Å². The highest BCUT2D eigenvalue weighted by Crippen LogP contribution is 2.21. The molecule has 0 aromatic heterocycles. The van der Waals surface area contributed by atoms with E-state index in [4.69, 9.17) is 4.74 Å². The van der Waals surface area contributed by atoms with E-state index in [-0.39, 0.29) is 44.1 Å². The largest absolute Gasteiger partial charge is 0.445 e. The van der Waals surface area contributed by atoms with E-state index in [1.807, 2.05) is 30.3 Å². The molecule has 4 N–H and O–H groups in total. The molecule has 9 heteroatoms. The Morgan fingerprint density at radius 2 is 1.97 bits per heavy atom. The van der Waals surface area contributed by atoms with E-state index in [0.29, 0.717) is 38.8 Å². The zero-order chi connectivity index (χ0) is 25.5. The lowest BCUT2D eigenvalue weighted by Crippen LogP contribution is -2.44. The van der Waals surface area contributed by atoms with E-state index in [2.05, 4.69) is 17.2 Å². The second-order valence-corrected chi connectivity index (χ2v) is 8.86. The number of ether oxygens (including phenoxy) is 1. The molecule has 0 bridgehead atoms. The number of hydrogen-bond acceptors (Lipinski definition) is 6. The fourth-order valence-electron chi connectivity index (χ4n) is 4.17. The minimum atomic E-state index is -0.574. The van der Waals surface area contributed by atoms with Gasteiger partial charge in [-0.15, -0.1) is 6.58 Å². The average Bonchev–Trinajstić information content (AvgIpc) is 3.36. The molecule has 1 aromatic rings. The molecule has 0 spiro atoms. The number of nitrogens with zero attached hydrogens (tertiary/aromatic N) is 1. The summed E-state index contributed by atoms with van der Waals surface area (Å²) in [6.45, 7) is 4.63. The molecule has 1 aliphatic rings. The predicted octanol–water partition coefficient (Wildman–Crippen LogP) is 2.13. The lowest BCUT2D eigenvalue weighted by molar-refractivity contribution is -0.137. The number of hydrogen-bond donors (Lipinski definition) is 4. The second kappa shape index (κ2) is 15.9. The Kier molecular flexibility index (Phi) is 12.9. The summed E-state index contributed by atoms with van der Waals surface area (Å²) in [5.74, 6) is -1.01. The fraction of sp³-hybridized carbons (Fsp3) is 0.577. The molecule has 35 heavy (non-hydrogen) atoms. The molecule has 194 valence electrons. The normalized spacial score (nSPS) is 16.9. The van der Waals surface area contributed by atoms with Crippen LogP contribution in [0.5, 0.6) is 0 Å². The van der Waals surface area contributed by atoms with Crippen LogP contribution in [0.1, 0.15) is 50.5 Å². The van der Waals surface area contributed by atoms with Crippen molar-refractivity contribution in [3.63, 3.8) is 0 Å². The van der Waals surface area contributed by atoms with Crippen LogP contribution in [0.3, 0.4) is 0 Å². The number of allylic oxidation sites excluding steroid dienone is 1. The number of aliphatic hydroxyl groups is 2. The standard InChI is InChI=1S/C26H39N3O6/c1-2-9-21(16-24(32)29-15-8-13-23(29)18-31)25(33)28-22(17-30)12-6-7-14-27-26(34)35-19-20-10-4-3-5-11-20/h2-5,10-11,21-23,30-31H,1,6-9,12-19H2,(H,27,34)(H,28,33)/t21-,22+,23+/m1/s1. The highest BCUT2D eigenvalue weighted by Gasteiger charge is 2.31.